The van der Waals surface area contributed by atoms with Crippen molar-refractivity contribution in [2.45, 2.75) is 6.42 Å². The lowest BCUT2D eigenvalue weighted by Crippen LogP contribution is -2.30. The summed E-state index contributed by atoms with van der Waals surface area (Å²) in [6.07, 6.45) is 0.291. The van der Waals surface area contributed by atoms with E-state index >= 15 is 0 Å². The van der Waals surface area contributed by atoms with Crippen LogP contribution in [0.1, 0.15) is 21.7 Å². The first-order valence-corrected chi connectivity index (χ1v) is 11.6. The molecular weight excluding hydrogens is 542 g/mol. The van der Waals surface area contributed by atoms with E-state index in [1.807, 2.05) is 24.3 Å². The number of pyridine rings is 1. The number of rotatable bonds is 6. The third-order valence-corrected chi connectivity index (χ3v) is 6.54. The number of carbonyl (C=O) groups is 2. The van der Waals surface area contributed by atoms with Crippen LogP contribution in [0.2, 0.25) is 5.02 Å². The highest BCUT2D eigenvalue weighted by atomic mass is 79.9. The molecule has 0 radical (unpaired) electrons. The Balaban J connectivity index is 1.66. The molecule has 0 unspecified atom stereocenters. The van der Waals surface area contributed by atoms with Gasteiger partial charge in [-0.25, -0.2) is 4.98 Å². The van der Waals surface area contributed by atoms with Crippen molar-refractivity contribution in [3.8, 4) is 28.5 Å². The number of amides is 1. The van der Waals surface area contributed by atoms with E-state index in [0.29, 0.717) is 49.7 Å². The van der Waals surface area contributed by atoms with Crippen molar-refractivity contribution in [2.75, 3.05) is 13.3 Å². The number of aromatic hydroxyl groups is 1. The first-order valence-electron chi connectivity index (χ1n) is 10.4. The van der Waals surface area contributed by atoms with Gasteiger partial charge >= 0.3 is 5.97 Å². The molecule has 35 heavy (non-hydrogen) atoms. The minimum absolute atomic E-state index is 0.141. The molecule has 0 aliphatic carbocycles. The summed E-state index contributed by atoms with van der Waals surface area (Å²) in [5.41, 5.74) is 3.00. The molecule has 1 aliphatic heterocycles. The van der Waals surface area contributed by atoms with Crippen LogP contribution in [0.4, 0.5) is 0 Å². The maximum Gasteiger partial charge on any atom is 0.322 e. The van der Waals surface area contributed by atoms with E-state index in [4.69, 9.17) is 26.2 Å². The monoisotopic (exact) mass is 557 g/mol. The van der Waals surface area contributed by atoms with Crippen LogP contribution in [0.25, 0.3) is 22.2 Å². The number of carboxylic acids is 1. The quantitative estimate of drug-likeness (QED) is 0.274. The van der Waals surface area contributed by atoms with Gasteiger partial charge in [0.1, 0.15) is 6.54 Å². The molecule has 1 aliphatic rings. The highest BCUT2D eigenvalue weighted by Crippen LogP contribution is 2.42. The second-order valence-electron chi connectivity index (χ2n) is 7.77. The number of benzene rings is 2. The predicted octanol–water partition coefficient (Wildman–Crippen LogP) is 4.49. The van der Waals surface area contributed by atoms with Crippen LogP contribution in [0.15, 0.2) is 46.9 Å². The molecule has 178 valence electrons. The molecular formula is C24H17BrClN3O6. The highest BCUT2D eigenvalue weighted by Gasteiger charge is 2.25. The van der Waals surface area contributed by atoms with E-state index in [0.717, 1.165) is 11.1 Å². The van der Waals surface area contributed by atoms with Crippen molar-refractivity contribution in [2.24, 2.45) is 0 Å². The Labute approximate surface area is 211 Å². The van der Waals surface area contributed by atoms with Crippen molar-refractivity contribution in [3.05, 3.63) is 68.9 Å². The Bertz CT molecular complexity index is 1490. The molecule has 9 nitrogen and oxygen atoms in total. The number of carboxylic acid groups (broad SMARTS) is 1. The van der Waals surface area contributed by atoms with Crippen molar-refractivity contribution in [1.29, 1.82) is 0 Å². The molecule has 2 aromatic carbocycles. The molecule has 11 heteroatoms. The van der Waals surface area contributed by atoms with E-state index in [9.17, 15) is 14.7 Å². The van der Waals surface area contributed by atoms with Gasteiger partial charge in [0.2, 0.25) is 6.79 Å². The number of hydrogen-bond donors (Lipinski definition) is 4. The molecule has 0 atom stereocenters. The Kier molecular flexibility index (Phi) is 6.00. The standard InChI is InChI=1S/C24H17BrClN3O6/c25-19-18-21(29-20(19)12-2-4-13(26)5-3-12)14(7-11-1-6-15-16(8-11)35-10-34-15)28-22(23(18)32)24(33)27-9-17(30)31/h1-6,8,29,32H,7,9-10H2,(H,27,33)(H,30,31). The molecule has 0 saturated heterocycles. The van der Waals surface area contributed by atoms with Gasteiger partial charge in [0.05, 0.1) is 26.8 Å². The number of ether oxygens (including phenoxy) is 2. The lowest BCUT2D eigenvalue weighted by atomic mass is 10.1. The minimum Gasteiger partial charge on any atom is -0.505 e. The summed E-state index contributed by atoms with van der Waals surface area (Å²) in [7, 11) is 0. The highest BCUT2D eigenvalue weighted by molar-refractivity contribution is 9.10. The van der Waals surface area contributed by atoms with Crippen LogP contribution in [0.5, 0.6) is 17.2 Å². The maximum absolute atomic E-state index is 12.7. The lowest BCUT2D eigenvalue weighted by Gasteiger charge is -2.10. The van der Waals surface area contributed by atoms with Gasteiger partial charge in [-0.05, 0) is 51.3 Å². The number of halogens is 2. The Morgan fingerprint density at radius 3 is 2.63 bits per heavy atom. The van der Waals surface area contributed by atoms with E-state index in [1.54, 1.807) is 18.2 Å². The van der Waals surface area contributed by atoms with E-state index in [-0.39, 0.29) is 18.2 Å². The first-order chi connectivity index (χ1) is 16.8. The van der Waals surface area contributed by atoms with E-state index in [1.165, 1.54) is 0 Å². The van der Waals surface area contributed by atoms with E-state index < -0.39 is 18.4 Å². The van der Waals surface area contributed by atoms with Gasteiger partial charge < -0.3 is 30.0 Å². The summed E-state index contributed by atoms with van der Waals surface area (Å²) in [6, 6.07) is 12.6. The zero-order chi connectivity index (χ0) is 24.7. The molecule has 2 aromatic heterocycles. The number of aromatic amines is 1. The SMILES string of the molecule is O=C(O)CNC(=O)c1nc(Cc2ccc3c(c2)OCO3)c2[nH]c(-c3ccc(Cl)cc3)c(Br)c2c1O. The van der Waals surface area contributed by atoms with Crippen LogP contribution in [0, 0.1) is 0 Å². The summed E-state index contributed by atoms with van der Waals surface area (Å²) < 4.78 is 11.4. The van der Waals surface area contributed by atoms with Crippen molar-refractivity contribution < 1.29 is 29.3 Å². The minimum atomic E-state index is -1.22. The van der Waals surface area contributed by atoms with Crippen molar-refractivity contribution in [1.82, 2.24) is 15.3 Å². The van der Waals surface area contributed by atoms with Crippen LogP contribution < -0.4 is 14.8 Å². The van der Waals surface area contributed by atoms with Gasteiger partial charge in [0, 0.05) is 11.4 Å². The van der Waals surface area contributed by atoms with Crippen molar-refractivity contribution in [3.63, 3.8) is 0 Å². The lowest BCUT2D eigenvalue weighted by molar-refractivity contribution is -0.135. The molecule has 0 spiro atoms. The normalized spacial score (nSPS) is 12.2. The van der Waals surface area contributed by atoms with Crippen LogP contribution >= 0.6 is 27.5 Å². The summed E-state index contributed by atoms with van der Waals surface area (Å²) in [4.78, 5) is 31.4. The predicted molar refractivity (Wildman–Crippen MR) is 131 cm³/mol. The van der Waals surface area contributed by atoms with Crippen LogP contribution in [-0.4, -0.2) is 45.4 Å². The van der Waals surface area contributed by atoms with Crippen molar-refractivity contribution >= 4 is 50.3 Å². The average molecular weight is 559 g/mol. The summed E-state index contributed by atoms with van der Waals surface area (Å²) in [6.45, 7) is -0.470. The van der Waals surface area contributed by atoms with Gasteiger partial charge in [0.15, 0.2) is 22.9 Å². The molecule has 0 bridgehead atoms. The second kappa shape index (κ2) is 9.12. The fourth-order valence-electron chi connectivity index (χ4n) is 3.86. The molecule has 4 N–H and O–H groups in total. The molecule has 3 heterocycles. The zero-order valence-electron chi connectivity index (χ0n) is 17.9. The smallest absolute Gasteiger partial charge is 0.322 e. The maximum atomic E-state index is 12.7. The number of aromatic nitrogens is 2. The molecule has 0 saturated carbocycles. The van der Waals surface area contributed by atoms with Crippen LogP contribution in [0.3, 0.4) is 0 Å². The number of carbonyl (C=O) groups excluding carboxylic acids is 1. The number of fused-ring (bicyclic) bond motifs is 2. The average Bonchev–Trinajstić information content (AvgIpc) is 3.44. The van der Waals surface area contributed by atoms with Gasteiger partial charge in [-0.1, -0.05) is 29.8 Å². The number of aliphatic carboxylic acids is 1. The molecule has 4 aromatic rings. The number of nitrogens with one attached hydrogen (secondary N) is 2. The Morgan fingerprint density at radius 2 is 1.89 bits per heavy atom. The largest absolute Gasteiger partial charge is 0.505 e. The molecule has 1 amide bonds. The Morgan fingerprint density at radius 1 is 1.14 bits per heavy atom. The zero-order valence-corrected chi connectivity index (χ0v) is 20.2. The van der Waals surface area contributed by atoms with Gasteiger partial charge in [-0.2, -0.15) is 0 Å². The van der Waals surface area contributed by atoms with Gasteiger partial charge in [-0.15, -0.1) is 0 Å². The van der Waals surface area contributed by atoms with Gasteiger partial charge in [0.25, 0.3) is 5.91 Å². The third kappa shape index (κ3) is 4.38. The fourth-order valence-corrected chi connectivity index (χ4v) is 4.70. The molecule has 0 fully saturated rings. The number of nitrogens with zero attached hydrogens (tertiary/aromatic N) is 1. The fraction of sp³-hybridized carbons (Fsp3) is 0.125. The Hall–Kier alpha value is -3.76. The van der Waals surface area contributed by atoms with E-state index in [2.05, 4.69) is 31.2 Å². The topological polar surface area (TPSA) is 134 Å². The van der Waals surface area contributed by atoms with Crippen LogP contribution in [-0.2, 0) is 11.2 Å². The summed E-state index contributed by atoms with van der Waals surface area (Å²) in [5, 5.41) is 23.1. The number of H-pyrrole nitrogens is 1. The third-order valence-electron chi connectivity index (χ3n) is 5.49. The first kappa shape index (κ1) is 23.0. The second-order valence-corrected chi connectivity index (χ2v) is 9.00. The molecule has 5 rings (SSSR count). The summed E-state index contributed by atoms with van der Waals surface area (Å²) >= 11 is 9.58. The summed E-state index contributed by atoms with van der Waals surface area (Å²) in [5.74, 6) is -1.15. The van der Waals surface area contributed by atoms with Gasteiger partial charge in [-0.3, -0.25) is 9.59 Å². The number of hydrogen-bond acceptors (Lipinski definition) is 6.